The Kier molecular flexibility index (Phi) is 4.04. The number of nitrogens with zero attached hydrogens (tertiary/aromatic N) is 2. The largest absolute Gasteiger partial charge is 0.497 e. The second-order valence-electron chi connectivity index (χ2n) is 4.35. The molecule has 5 heteroatoms. The highest BCUT2D eigenvalue weighted by molar-refractivity contribution is 5.94. The molecule has 1 heterocycles. The lowest BCUT2D eigenvalue weighted by Crippen LogP contribution is -2.35. The smallest absolute Gasteiger partial charge is 0.331 e. The summed E-state index contributed by atoms with van der Waals surface area (Å²) in [5, 5.41) is 6.12. The van der Waals surface area contributed by atoms with Gasteiger partial charge >= 0.3 is 5.97 Å². The third-order valence-electron chi connectivity index (χ3n) is 2.96. The van der Waals surface area contributed by atoms with Crippen molar-refractivity contribution < 1.29 is 14.3 Å². The molecule has 1 aromatic rings. The maximum absolute atomic E-state index is 11.9. The number of rotatable bonds is 4. The SMILES string of the molecule is CCOC(=O)C1CC(C)=NN1c1ccc(OC)cc1. The van der Waals surface area contributed by atoms with E-state index in [-0.39, 0.29) is 12.0 Å². The number of hydrazone groups is 1. The number of benzene rings is 1. The summed E-state index contributed by atoms with van der Waals surface area (Å²) in [4.78, 5) is 11.9. The van der Waals surface area contributed by atoms with Crippen molar-refractivity contribution in [3.8, 4) is 5.75 Å². The molecule has 0 aliphatic carbocycles. The number of hydrogen-bond donors (Lipinski definition) is 0. The maximum atomic E-state index is 11.9. The highest BCUT2D eigenvalue weighted by Crippen LogP contribution is 2.27. The zero-order chi connectivity index (χ0) is 13.8. The first-order valence-electron chi connectivity index (χ1n) is 6.29. The van der Waals surface area contributed by atoms with Crippen molar-refractivity contribution in [3.05, 3.63) is 24.3 Å². The Hall–Kier alpha value is -2.04. The Morgan fingerprint density at radius 3 is 2.68 bits per heavy atom. The lowest BCUT2D eigenvalue weighted by atomic mass is 10.1. The summed E-state index contributed by atoms with van der Waals surface area (Å²) in [6.45, 7) is 4.10. The lowest BCUT2D eigenvalue weighted by molar-refractivity contribution is -0.144. The number of carbonyl (C=O) groups excluding carboxylic acids is 1. The van der Waals surface area contributed by atoms with Crippen molar-refractivity contribution in [1.29, 1.82) is 0 Å². The highest BCUT2D eigenvalue weighted by atomic mass is 16.5. The first-order chi connectivity index (χ1) is 9.15. The van der Waals surface area contributed by atoms with E-state index >= 15 is 0 Å². The van der Waals surface area contributed by atoms with Gasteiger partial charge in [0.15, 0.2) is 6.04 Å². The van der Waals surface area contributed by atoms with Crippen LogP contribution in [0.1, 0.15) is 20.3 Å². The van der Waals surface area contributed by atoms with E-state index in [4.69, 9.17) is 9.47 Å². The number of ether oxygens (including phenoxy) is 2. The number of hydrogen-bond acceptors (Lipinski definition) is 5. The molecule has 0 aromatic heterocycles. The van der Waals surface area contributed by atoms with E-state index in [1.54, 1.807) is 19.0 Å². The van der Waals surface area contributed by atoms with Gasteiger partial charge in [0.2, 0.25) is 0 Å². The number of carbonyl (C=O) groups is 1. The van der Waals surface area contributed by atoms with E-state index in [0.717, 1.165) is 17.1 Å². The van der Waals surface area contributed by atoms with Gasteiger partial charge in [0, 0.05) is 12.1 Å². The summed E-state index contributed by atoms with van der Waals surface area (Å²) in [5.41, 5.74) is 1.78. The summed E-state index contributed by atoms with van der Waals surface area (Å²) in [6.07, 6.45) is 0.602. The van der Waals surface area contributed by atoms with E-state index in [2.05, 4.69) is 5.10 Å². The minimum absolute atomic E-state index is 0.237. The standard InChI is InChI=1S/C14H18N2O3/c1-4-19-14(17)13-9-10(2)15-16(13)11-5-7-12(18-3)8-6-11/h5-8,13H,4,9H2,1-3H3. The lowest BCUT2D eigenvalue weighted by Gasteiger charge is -2.22. The van der Waals surface area contributed by atoms with Crippen molar-refractivity contribution in [2.45, 2.75) is 26.3 Å². The van der Waals surface area contributed by atoms with Crippen LogP contribution in [0.2, 0.25) is 0 Å². The molecule has 19 heavy (non-hydrogen) atoms. The van der Waals surface area contributed by atoms with E-state index in [9.17, 15) is 4.79 Å². The van der Waals surface area contributed by atoms with E-state index in [0.29, 0.717) is 13.0 Å². The predicted octanol–water partition coefficient (Wildman–Crippen LogP) is 2.21. The van der Waals surface area contributed by atoms with Crippen LogP contribution in [-0.4, -0.2) is 31.4 Å². The summed E-state index contributed by atoms with van der Waals surface area (Å²) < 4.78 is 10.2. The molecule has 1 aliphatic heterocycles. The Balaban J connectivity index is 2.21. The third kappa shape index (κ3) is 2.86. The Morgan fingerprint density at radius 2 is 2.11 bits per heavy atom. The maximum Gasteiger partial charge on any atom is 0.331 e. The van der Waals surface area contributed by atoms with Crippen molar-refractivity contribution >= 4 is 17.4 Å². The average molecular weight is 262 g/mol. The van der Waals surface area contributed by atoms with Crippen LogP contribution in [0.15, 0.2) is 29.4 Å². The number of anilines is 1. The second-order valence-corrected chi connectivity index (χ2v) is 4.35. The molecule has 1 atom stereocenters. The van der Waals surface area contributed by atoms with Crippen LogP contribution in [0.25, 0.3) is 0 Å². The molecule has 0 spiro atoms. The van der Waals surface area contributed by atoms with Crippen LogP contribution in [0.5, 0.6) is 5.75 Å². The van der Waals surface area contributed by atoms with E-state index < -0.39 is 0 Å². The van der Waals surface area contributed by atoms with Crippen LogP contribution < -0.4 is 9.75 Å². The molecule has 0 N–H and O–H groups in total. The van der Waals surface area contributed by atoms with Gasteiger partial charge in [-0.25, -0.2) is 4.79 Å². The third-order valence-corrected chi connectivity index (χ3v) is 2.96. The molecule has 0 bridgehead atoms. The Bertz CT molecular complexity index is 482. The van der Waals surface area contributed by atoms with Gasteiger partial charge in [-0.1, -0.05) is 0 Å². The molecule has 0 saturated carbocycles. The van der Waals surface area contributed by atoms with Gasteiger partial charge in [-0.05, 0) is 38.1 Å². The topological polar surface area (TPSA) is 51.1 Å². The highest BCUT2D eigenvalue weighted by Gasteiger charge is 2.33. The predicted molar refractivity (Wildman–Crippen MR) is 73.6 cm³/mol. The molecule has 1 aromatic carbocycles. The molecule has 0 amide bonds. The first kappa shape index (κ1) is 13.4. The van der Waals surface area contributed by atoms with Crippen LogP contribution in [0.3, 0.4) is 0 Å². The summed E-state index contributed by atoms with van der Waals surface area (Å²) in [7, 11) is 1.62. The molecule has 5 nitrogen and oxygen atoms in total. The van der Waals surface area contributed by atoms with E-state index in [1.807, 2.05) is 31.2 Å². The van der Waals surface area contributed by atoms with Crippen molar-refractivity contribution in [2.75, 3.05) is 18.7 Å². The Morgan fingerprint density at radius 1 is 1.42 bits per heavy atom. The molecule has 1 unspecified atom stereocenters. The zero-order valence-corrected chi connectivity index (χ0v) is 11.4. The molecule has 0 saturated heterocycles. The number of esters is 1. The Labute approximate surface area is 112 Å². The monoisotopic (exact) mass is 262 g/mol. The quantitative estimate of drug-likeness (QED) is 0.781. The van der Waals surface area contributed by atoms with Crippen LogP contribution >= 0.6 is 0 Å². The van der Waals surface area contributed by atoms with Crippen LogP contribution in [0, 0.1) is 0 Å². The first-order valence-corrected chi connectivity index (χ1v) is 6.29. The molecule has 0 fully saturated rings. The molecule has 2 rings (SSSR count). The molecular formula is C14H18N2O3. The van der Waals surface area contributed by atoms with Crippen LogP contribution in [0.4, 0.5) is 5.69 Å². The summed E-state index contributed by atoms with van der Waals surface area (Å²) in [5.74, 6) is 0.537. The van der Waals surface area contributed by atoms with Crippen molar-refractivity contribution in [1.82, 2.24) is 0 Å². The summed E-state index contributed by atoms with van der Waals surface area (Å²) in [6, 6.07) is 7.09. The van der Waals surface area contributed by atoms with Crippen LogP contribution in [-0.2, 0) is 9.53 Å². The van der Waals surface area contributed by atoms with Crippen molar-refractivity contribution in [2.24, 2.45) is 5.10 Å². The number of methoxy groups -OCH3 is 1. The average Bonchev–Trinajstić information content (AvgIpc) is 2.81. The van der Waals surface area contributed by atoms with Gasteiger partial charge in [0.05, 0.1) is 19.4 Å². The zero-order valence-electron chi connectivity index (χ0n) is 11.4. The molecule has 0 radical (unpaired) electrons. The molecule has 1 aliphatic rings. The van der Waals surface area contributed by atoms with Gasteiger partial charge < -0.3 is 9.47 Å². The second kappa shape index (κ2) is 5.73. The van der Waals surface area contributed by atoms with Crippen molar-refractivity contribution in [3.63, 3.8) is 0 Å². The molecular weight excluding hydrogens is 244 g/mol. The molecule has 102 valence electrons. The minimum Gasteiger partial charge on any atom is -0.497 e. The van der Waals surface area contributed by atoms with Gasteiger partial charge in [-0.2, -0.15) is 5.10 Å². The normalized spacial score (nSPS) is 18.2. The fourth-order valence-electron chi connectivity index (χ4n) is 2.05. The summed E-state index contributed by atoms with van der Waals surface area (Å²) >= 11 is 0. The minimum atomic E-state index is -0.367. The fraction of sp³-hybridized carbons (Fsp3) is 0.429. The van der Waals surface area contributed by atoms with Gasteiger partial charge in [0.25, 0.3) is 0 Å². The van der Waals surface area contributed by atoms with Gasteiger partial charge in [-0.15, -0.1) is 0 Å². The van der Waals surface area contributed by atoms with E-state index in [1.165, 1.54) is 0 Å². The van der Waals surface area contributed by atoms with Gasteiger partial charge in [0.1, 0.15) is 5.75 Å². The fourth-order valence-corrected chi connectivity index (χ4v) is 2.05. The van der Waals surface area contributed by atoms with Gasteiger partial charge in [-0.3, -0.25) is 5.01 Å².